The number of nitrogens with two attached hydrogens (primary N) is 1. The van der Waals surface area contributed by atoms with Crippen LogP contribution in [0.1, 0.15) is 12.8 Å². The number of rotatable bonds is 4. The van der Waals surface area contributed by atoms with Crippen LogP contribution in [0.3, 0.4) is 0 Å². The molecule has 1 fully saturated rings. The molecule has 6 nitrogen and oxygen atoms in total. The summed E-state index contributed by atoms with van der Waals surface area (Å²) in [7, 11) is 0. The Labute approximate surface area is 128 Å². The Morgan fingerprint density at radius 3 is 2.95 bits per heavy atom. The van der Waals surface area contributed by atoms with Gasteiger partial charge in [-0.1, -0.05) is 6.07 Å². The van der Waals surface area contributed by atoms with E-state index in [-0.39, 0.29) is 24.4 Å². The van der Waals surface area contributed by atoms with Crippen LogP contribution in [0, 0.1) is 11.7 Å². The molecule has 3 amide bonds. The van der Waals surface area contributed by atoms with Gasteiger partial charge in [0, 0.05) is 25.3 Å². The Balaban J connectivity index is 1.77. The van der Waals surface area contributed by atoms with E-state index in [0.29, 0.717) is 18.8 Å². The second-order valence-electron chi connectivity index (χ2n) is 5.40. The smallest absolute Gasteiger partial charge is 0.319 e. The zero-order valence-electron chi connectivity index (χ0n) is 12.3. The molecule has 1 aromatic carbocycles. The number of hydrogen-bond donors (Lipinski definition) is 3. The number of benzene rings is 1. The van der Waals surface area contributed by atoms with Gasteiger partial charge in [0.05, 0.1) is 6.54 Å². The Bertz CT molecular complexity index is 538. The topological polar surface area (TPSA) is 87.5 Å². The highest BCUT2D eigenvalue weighted by Crippen LogP contribution is 2.16. The van der Waals surface area contributed by atoms with Gasteiger partial charge in [-0.15, -0.1) is 0 Å². The fraction of sp³-hybridized carbons (Fsp3) is 0.467. The average Bonchev–Trinajstić information content (AvgIpc) is 2.52. The number of anilines is 1. The lowest BCUT2D eigenvalue weighted by Gasteiger charge is -2.32. The van der Waals surface area contributed by atoms with Crippen LogP contribution in [-0.4, -0.2) is 43.0 Å². The van der Waals surface area contributed by atoms with E-state index in [1.165, 1.54) is 18.2 Å². The number of nitrogens with one attached hydrogen (secondary N) is 2. The third-order valence-electron chi connectivity index (χ3n) is 3.68. The predicted molar refractivity (Wildman–Crippen MR) is 81.8 cm³/mol. The molecule has 0 aromatic heterocycles. The number of piperidine rings is 1. The van der Waals surface area contributed by atoms with Crippen LogP contribution < -0.4 is 16.4 Å². The van der Waals surface area contributed by atoms with Crippen LogP contribution in [0.5, 0.6) is 0 Å². The van der Waals surface area contributed by atoms with E-state index < -0.39 is 5.82 Å². The molecule has 0 aliphatic carbocycles. The van der Waals surface area contributed by atoms with Crippen molar-refractivity contribution in [3.05, 3.63) is 30.1 Å². The van der Waals surface area contributed by atoms with E-state index in [0.717, 1.165) is 19.4 Å². The Hall–Kier alpha value is -2.15. The van der Waals surface area contributed by atoms with Crippen molar-refractivity contribution < 1.29 is 14.0 Å². The molecule has 0 radical (unpaired) electrons. The van der Waals surface area contributed by atoms with Crippen molar-refractivity contribution >= 4 is 17.6 Å². The van der Waals surface area contributed by atoms with Crippen molar-refractivity contribution in [2.45, 2.75) is 12.8 Å². The second-order valence-corrected chi connectivity index (χ2v) is 5.40. The predicted octanol–water partition coefficient (Wildman–Crippen LogP) is 1.14. The van der Waals surface area contributed by atoms with Crippen molar-refractivity contribution in [1.29, 1.82) is 0 Å². The molecule has 0 saturated carbocycles. The van der Waals surface area contributed by atoms with E-state index in [4.69, 9.17) is 5.73 Å². The summed E-state index contributed by atoms with van der Waals surface area (Å²) >= 11 is 0. The van der Waals surface area contributed by atoms with Gasteiger partial charge >= 0.3 is 6.03 Å². The first kappa shape index (κ1) is 16.2. The lowest BCUT2D eigenvalue weighted by molar-refractivity contribution is -0.131. The summed E-state index contributed by atoms with van der Waals surface area (Å²) in [5, 5.41) is 5.33. The molecule has 120 valence electrons. The maximum atomic E-state index is 13.0. The minimum atomic E-state index is -0.402. The highest BCUT2D eigenvalue weighted by atomic mass is 19.1. The minimum Gasteiger partial charge on any atom is -0.341 e. The van der Waals surface area contributed by atoms with E-state index in [9.17, 15) is 14.0 Å². The van der Waals surface area contributed by atoms with E-state index >= 15 is 0 Å². The molecule has 1 aromatic rings. The SMILES string of the molecule is NCC(=O)N1CCCC(CNC(=O)Nc2cccc(F)c2)C1. The number of likely N-dealkylation sites (tertiary alicyclic amines) is 1. The van der Waals surface area contributed by atoms with Crippen molar-refractivity contribution in [3.63, 3.8) is 0 Å². The normalized spacial score (nSPS) is 17.9. The number of urea groups is 1. The van der Waals surface area contributed by atoms with Crippen LogP contribution in [0.15, 0.2) is 24.3 Å². The summed E-state index contributed by atoms with van der Waals surface area (Å²) in [5.74, 6) is -0.252. The minimum absolute atomic E-state index is 0.0141. The van der Waals surface area contributed by atoms with Crippen LogP contribution in [-0.2, 0) is 4.79 Å². The Morgan fingerprint density at radius 2 is 2.23 bits per heavy atom. The van der Waals surface area contributed by atoms with E-state index in [1.807, 2.05) is 0 Å². The molecule has 2 rings (SSSR count). The first-order valence-electron chi connectivity index (χ1n) is 7.36. The lowest BCUT2D eigenvalue weighted by Crippen LogP contribution is -2.46. The van der Waals surface area contributed by atoms with Gasteiger partial charge in [0.15, 0.2) is 0 Å². The van der Waals surface area contributed by atoms with Crippen molar-refractivity contribution in [2.24, 2.45) is 11.7 Å². The number of carbonyl (C=O) groups excluding carboxylic acids is 2. The molecule has 1 aliphatic heterocycles. The first-order valence-corrected chi connectivity index (χ1v) is 7.36. The monoisotopic (exact) mass is 308 g/mol. The summed E-state index contributed by atoms with van der Waals surface area (Å²) in [6.07, 6.45) is 1.86. The summed E-state index contributed by atoms with van der Waals surface area (Å²) in [6, 6.07) is 5.33. The lowest BCUT2D eigenvalue weighted by atomic mass is 9.98. The van der Waals surface area contributed by atoms with Gasteiger partial charge in [0.25, 0.3) is 0 Å². The van der Waals surface area contributed by atoms with Gasteiger partial charge in [-0.25, -0.2) is 9.18 Å². The molecule has 1 atom stereocenters. The molecule has 7 heteroatoms. The molecular weight excluding hydrogens is 287 g/mol. The number of halogens is 1. The first-order chi connectivity index (χ1) is 10.6. The molecule has 0 bridgehead atoms. The summed E-state index contributed by atoms with van der Waals surface area (Å²) < 4.78 is 13.0. The van der Waals surface area contributed by atoms with E-state index in [2.05, 4.69) is 10.6 Å². The molecule has 1 saturated heterocycles. The summed E-state index contributed by atoms with van der Waals surface area (Å²) in [6.45, 7) is 1.81. The fourth-order valence-electron chi connectivity index (χ4n) is 2.57. The zero-order valence-corrected chi connectivity index (χ0v) is 12.3. The Kier molecular flexibility index (Phi) is 5.71. The maximum absolute atomic E-state index is 13.0. The molecule has 1 unspecified atom stereocenters. The number of amides is 3. The summed E-state index contributed by atoms with van der Waals surface area (Å²) in [4.78, 5) is 25.1. The van der Waals surface area contributed by atoms with Crippen LogP contribution in [0.4, 0.5) is 14.9 Å². The third kappa shape index (κ3) is 4.70. The number of hydrogen-bond acceptors (Lipinski definition) is 3. The standard InChI is InChI=1S/C15H21FN4O2/c16-12-4-1-5-13(7-12)19-15(22)18-9-11-3-2-6-20(10-11)14(21)8-17/h1,4-5,7,11H,2-3,6,8-10,17H2,(H2,18,19,22). The van der Waals surface area contributed by atoms with Crippen LogP contribution in [0.25, 0.3) is 0 Å². The Morgan fingerprint density at radius 1 is 1.41 bits per heavy atom. The molecule has 4 N–H and O–H groups in total. The molecule has 1 aliphatic rings. The number of nitrogens with zero attached hydrogens (tertiary/aromatic N) is 1. The quantitative estimate of drug-likeness (QED) is 0.779. The van der Waals surface area contributed by atoms with Crippen LogP contribution >= 0.6 is 0 Å². The van der Waals surface area contributed by atoms with Gasteiger partial charge in [-0.05, 0) is 37.0 Å². The summed E-state index contributed by atoms with van der Waals surface area (Å²) in [5.41, 5.74) is 5.77. The van der Waals surface area contributed by atoms with Gasteiger partial charge < -0.3 is 21.3 Å². The third-order valence-corrected chi connectivity index (χ3v) is 3.68. The van der Waals surface area contributed by atoms with Crippen molar-refractivity contribution in [2.75, 3.05) is 31.5 Å². The van der Waals surface area contributed by atoms with E-state index in [1.54, 1.807) is 11.0 Å². The van der Waals surface area contributed by atoms with Gasteiger partial charge in [-0.3, -0.25) is 4.79 Å². The average molecular weight is 308 g/mol. The van der Waals surface area contributed by atoms with Gasteiger partial charge in [0.2, 0.25) is 5.91 Å². The highest BCUT2D eigenvalue weighted by molar-refractivity contribution is 5.89. The largest absolute Gasteiger partial charge is 0.341 e. The fourth-order valence-corrected chi connectivity index (χ4v) is 2.57. The molecule has 22 heavy (non-hydrogen) atoms. The second kappa shape index (κ2) is 7.74. The van der Waals surface area contributed by atoms with Gasteiger partial charge in [0.1, 0.15) is 5.82 Å². The van der Waals surface area contributed by atoms with Crippen molar-refractivity contribution in [3.8, 4) is 0 Å². The maximum Gasteiger partial charge on any atom is 0.319 e. The zero-order chi connectivity index (χ0) is 15.9. The molecular formula is C15H21FN4O2. The van der Waals surface area contributed by atoms with Gasteiger partial charge in [-0.2, -0.15) is 0 Å². The molecule has 0 spiro atoms. The number of carbonyl (C=O) groups is 2. The molecule has 1 heterocycles. The highest BCUT2D eigenvalue weighted by Gasteiger charge is 2.23. The van der Waals surface area contributed by atoms with Crippen LogP contribution in [0.2, 0.25) is 0 Å². The van der Waals surface area contributed by atoms with Crippen molar-refractivity contribution in [1.82, 2.24) is 10.2 Å².